The zero-order valence-electron chi connectivity index (χ0n) is 20.4. The second kappa shape index (κ2) is 10.5. The second-order valence-corrected chi connectivity index (χ2v) is 8.97. The molecule has 0 aliphatic carbocycles. The molecule has 0 saturated carbocycles. The molecule has 0 unspecified atom stereocenters. The van der Waals surface area contributed by atoms with Crippen molar-refractivity contribution in [2.45, 2.75) is 39.7 Å². The molecule has 184 valence electrons. The van der Waals surface area contributed by atoms with Gasteiger partial charge in [0.05, 0.1) is 25.8 Å². The largest absolute Gasteiger partial charge is 0.504 e. The molecule has 9 heteroatoms. The Labute approximate surface area is 210 Å². The number of amidine groups is 1. The van der Waals surface area contributed by atoms with Crippen LogP contribution in [0.4, 0.5) is 0 Å². The Morgan fingerprint density at radius 2 is 1.88 bits per heavy atom. The minimum absolute atomic E-state index is 0. The average Bonchev–Trinajstić information content (AvgIpc) is 3.05. The molecule has 0 fully saturated rings. The smallest absolute Gasteiger partial charge is 0.254 e. The highest BCUT2D eigenvalue weighted by atomic mass is 79.9. The molecule has 34 heavy (non-hydrogen) atoms. The van der Waals surface area contributed by atoms with Crippen LogP contribution in [0.2, 0.25) is 0 Å². The summed E-state index contributed by atoms with van der Waals surface area (Å²) >= 11 is 0. The number of Topliss-reactive ketones (excluding diaryl/α,β-unsaturated/α-hetero) is 1. The van der Waals surface area contributed by atoms with Gasteiger partial charge in [0.1, 0.15) is 11.6 Å². The van der Waals surface area contributed by atoms with E-state index in [1.54, 1.807) is 23.1 Å². The number of amides is 1. The predicted octanol–water partition coefficient (Wildman–Crippen LogP) is 4.06. The van der Waals surface area contributed by atoms with Crippen LogP contribution in [0.25, 0.3) is 0 Å². The van der Waals surface area contributed by atoms with E-state index < -0.39 is 0 Å². The van der Waals surface area contributed by atoms with Gasteiger partial charge in [-0.3, -0.25) is 15.0 Å². The molecule has 0 spiro atoms. The maximum Gasteiger partial charge on any atom is 0.254 e. The summed E-state index contributed by atoms with van der Waals surface area (Å²) in [4.78, 5) is 27.1. The van der Waals surface area contributed by atoms with Crippen molar-refractivity contribution in [2.24, 2.45) is 0 Å². The number of ether oxygens (including phenoxy) is 2. The minimum atomic E-state index is -0.346. The minimum Gasteiger partial charge on any atom is -0.504 e. The first-order valence-electron chi connectivity index (χ1n) is 10.8. The number of carbonyl (C=O) groups is 2. The van der Waals surface area contributed by atoms with Gasteiger partial charge in [-0.1, -0.05) is 20.8 Å². The monoisotopic (exact) mass is 533 g/mol. The van der Waals surface area contributed by atoms with Crippen LogP contribution >= 0.6 is 17.0 Å². The summed E-state index contributed by atoms with van der Waals surface area (Å²) in [6, 6.07) is 6.55. The molecule has 1 heterocycles. The van der Waals surface area contributed by atoms with Crippen molar-refractivity contribution in [2.75, 3.05) is 27.3 Å². The van der Waals surface area contributed by atoms with Gasteiger partial charge in [-0.05, 0) is 42.2 Å². The normalized spacial score (nSPS) is 12.6. The van der Waals surface area contributed by atoms with Crippen LogP contribution in [0.1, 0.15) is 65.1 Å². The SMILES string of the molecule is Br.CCOc1cc2c(cc1C(=O)NC)C(=N)N(CC(=O)c1cc(O)c(OC)c(C(C)(C)C)c1)C2. The first-order valence-corrected chi connectivity index (χ1v) is 10.8. The van der Waals surface area contributed by atoms with E-state index in [-0.39, 0.29) is 52.2 Å². The fourth-order valence-electron chi connectivity index (χ4n) is 3.96. The molecule has 0 aromatic heterocycles. The number of aromatic hydroxyl groups is 1. The zero-order chi connectivity index (χ0) is 24.5. The zero-order valence-corrected chi connectivity index (χ0v) is 22.1. The molecule has 3 rings (SSSR count). The van der Waals surface area contributed by atoms with E-state index in [2.05, 4.69) is 5.32 Å². The molecule has 1 amide bonds. The van der Waals surface area contributed by atoms with Crippen LogP contribution in [0.5, 0.6) is 17.2 Å². The summed E-state index contributed by atoms with van der Waals surface area (Å²) in [7, 11) is 3.02. The number of nitrogens with one attached hydrogen (secondary N) is 2. The third-order valence-corrected chi connectivity index (χ3v) is 5.65. The number of hydrogen-bond acceptors (Lipinski definition) is 6. The van der Waals surface area contributed by atoms with Crippen LogP contribution in [0, 0.1) is 5.41 Å². The number of nitrogens with zero attached hydrogens (tertiary/aromatic N) is 1. The van der Waals surface area contributed by atoms with Crippen LogP contribution in [-0.4, -0.2) is 54.8 Å². The van der Waals surface area contributed by atoms with Gasteiger partial charge in [0.25, 0.3) is 5.91 Å². The molecule has 3 N–H and O–H groups in total. The maximum absolute atomic E-state index is 13.1. The van der Waals surface area contributed by atoms with Gasteiger partial charge in [0.2, 0.25) is 0 Å². The van der Waals surface area contributed by atoms with Gasteiger partial charge >= 0.3 is 0 Å². The molecule has 0 atom stereocenters. The van der Waals surface area contributed by atoms with Gasteiger partial charge in [0.15, 0.2) is 17.3 Å². The molecule has 2 aromatic carbocycles. The lowest BCUT2D eigenvalue weighted by Gasteiger charge is -2.24. The van der Waals surface area contributed by atoms with Crippen LogP contribution in [0.15, 0.2) is 24.3 Å². The van der Waals surface area contributed by atoms with E-state index in [0.717, 1.165) is 11.1 Å². The molecule has 0 saturated heterocycles. The lowest BCUT2D eigenvalue weighted by atomic mass is 9.84. The van der Waals surface area contributed by atoms with Gasteiger partial charge in [-0.2, -0.15) is 0 Å². The van der Waals surface area contributed by atoms with Gasteiger partial charge in [-0.15, -0.1) is 17.0 Å². The molecule has 0 bridgehead atoms. The quantitative estimate of drug-likeness (QED) is 0.462. The fraction of sp³-hybridized carbons (Fsp3) is 0.400. The molecular weight excluding hydrogens is 502 g/mol. The predicted molar refractivity (Wildman–Crippen MR) is 136 cm³/mol. The van der Waals surface area contributed by atoms with Crippen molar-refractivity contribution in [3.63, 3.8) is 0 Å². The van der Waals surface area contributed by atoms with Gasteiger partial charge in [0, 0.05) is 30.3 Å². The number of phenolic OH excluding ortho intramolecular Hbond substituents is 1. The summed E-state index contributed by atoms with van der Waals surface area (Å²) in [6.07, 6.45) is 0. The average molecular weight is 534 g/mol. The summed E-state index contributed by atoms with van der Waals surface area (Å²) in [5, 5.41) is 21.6. The lowest BCUT2D eigenvalue weighted by Crippen LogP contribution is -2.30. The highest BCUT2D eigenvalue weighted by Crippen LogP contribution is 2.39. The van der Waals surface area contributed by atoms with Crippen molar-refractivity contribution >= 4 is 34.5 Å². The Bertz CT molecular complexity index is 1120. The Morgan fingerprint density at radius 3 is 2.44 bits per heavy atom. The third kappa shape index (κ3) is 5.19. The van der Waals surface area contributed by atoms with Crippen molar-refractivity contribution < 1.29 is 24.2 Å². The number of carbonyl (C=O) groups excluding carboxylic acids is 2. The first-order chi connectivity index (χ1) is 15.5. The van der Waals surface area contributed by atoms with Crippen molar-refractivity contribution in [1.29, 1.82) is 5.41 Å². The van der Waals surface area contributed by atoms with E-state index in [0.29, 0.717) is 41.3 Å². The molecule has 1 aliphatic heterocycles. The van der Waals surface area contributed by atoms with Crippen LogP contribution < -0.4 is 14.8 Å². The molecular formula is C25H32BrN3O5. The van der Waals surface area contributed by atoms with Crippen molar-refractivity contribution in [3.05, 3.63) is 52.1 Å². The van der Waals surface area contributed by atoms with E-state index in [4.69, 9.17) is 14.9 Å². The van der Waals surface area contributed by atoms with Crippen molar-refractivity contribution in [1.82, 2.24) is 10.2 Å². The summed E-state index contributed by atoms with van der Waals surface area (Å²) < 4.78 is 11.0. The first kappa shape index (κ1) is 27.2. The number of halogens is 1. The van der Waals surface area contributed by atoms with Crippen LogP contribution in [-0.2, 0) is 12.0 Å². The van der Waals surface area contributed by atoms with Gasteiger partial charge < -0.3 is 24.8 Å². The Balaban J connectivity index is 0.00000408. The summed E-state index contributed by atoms with van der Waals surface area (Å²) in [5.41, 5.74) is 2.50. The van der Waals surface area contributed by atoms with E-state index in [1.165, 1.54) is 20.2 Å². The van der Waals surface area contributed by atoms with E-state index >= 15 is 0 Å². The standard InChI is InChI=1S/C25H31N3O5.BrH/c1-7-33-21-10-15-12-28(23(26)16(15)11-17(21)24(31)27-5)13-20(30)14-8-18(25(2,3)4)22(32-6)19(29)9-14;/h8-11,26,29H,7,12-13H2,1-6H3,(H,27,31);1H. The number of ketones is 1. The second-order valence-electron chi connectivity index (χ2n) is 8.97. The number of phenols is 1. The fourth-order valence-corrected chi connectivity index (χ4v) is 3.96. The topological polar surface area (TPSA) is 112 Å². The van der Waals surface area contributed by atoms with E-state index in [1.807, 2.05) is 27.7 Å². The van der Waals surface area contributed by atoms with Crippen LogP contribution in [0.3, 0.4) is 0 Å². The number of fused-ring (bicyclic) bond motifs is 1. The number of benzene rings is 2. The van der Waals surface area contributed by atoms with E-state index in [9.17, 15) is 14.7 Å². The summed E-state index contributed by atoms with van der Waals surface area (Å²) in [6.45, 7) is 8.48. The number of methoxy groups -OCH3 is 1. The molecule has 2 aromatic rings. The number of rotatable bonds is 7. The molecule has 1 aliphatic rings. The summed E-state index contributed by atoms with van der Waals surface area (Å²) in [5.74, 6) is 0.349. The van der Waals surface area contributed by atoms with Gasteiger partial charge in [-0.25, -0.2) is 0 Å². The Morgan fingerprint density at radius 1 is 1.21 bits per heavy atom. The maximum atomic E-state index is 13.1. The molecule has 8 nitrogen and oxygen atoms in total. The Hall–Kier alpha value is -3.07. The Kier molecular flexibility index (Phi) is 8.36. The molecule has 0 radical (unpaired) electrons. The van der Waals surface area contributed by atoms with Crippen molar-refractivity contribution in [3.8, 4) is 17.2 Å². The highest BCUT2D eigenvalue weighted by molar-refractivity contribution is 8.93. The third-order valence-electron chi connectivity index (χ3n) is 5.65. The highest BCUT2D eigenvalue weighted by Gasteiger charge is 2.30. The lowest BCUT2D eigenvalue weighted by molar-refractivity contribution is 0.0952. The number of hydrogen-bond donors (Lipinski definition) is 3.